The number of hydrogen-bond acceptors (Lipinski definition) is 3. The van der Waals surface area contributed by atoms with Gasteiger partial charge in [0.25, 0.3) is 0 Å². The fraction of sp³-hybridized carbons (Fsp3) is 0.250. The van der Waals surface area contributed by atoms with Crippen molar-refractivity contribution in [2.75, 3.05) is 0 Å². The zero-order valence-electron chi connectivity index (χ0n) is 4.40. The Morgan fingerprint density at radius 1 is 1.50 bits per heavy atom. The van der Waals surface area contributed by atoms with Gasteiger partial charge < -0.3 is 15.6 Å². The van der Waals surface area contributed by atoms with Crippen molar-refractivity contribution in [1.29, 1.82) is 0 Å². The fourth-order valence-corrected chi connectivity index (χ4v) is 0.247. The molecule has 0 heterocycles. The van der Waals surface area contributed by atoms with Gasteiger partial charge in [-0.15, -0.1) is 0 Å². The molecule has 0 aromatic heterocycles. The van der Waals surface area contributed by atoms with Gasteiger partial charge in [0, 0.05) is 0 Å². The average molecular weight is 155 g/mol. The van der Waals surface area contributed by atoms with Crippen molar-refractivity contribution in [3.63, 3.8) is 0 Å². The Morgan fingerprint density at radius 3 is 1.90 bits per heavy atom. The summed E-state index contributed by atoms with van der Waals surface area (Å²) in [5, 5.41) is 8.01. The van der Waals surface area contributed by atoms with Crippen LogP contribution >= 0.6 is 0 Å². The first kappa shape index (κ1) is 12.3. The van der Waals surface area contributed by atoms with Crippen molar-refractivity contribution >= 4 is 47.7 Å². The molecular formula is C4H6NNaO4. The van der Waals surface area contributed by atoms with Gasteiger partial charge in [0.1, 0.15) is 6.29 Å². The van der Waals surface area contributed by atoms with Gasteiger partial charge in [-0.05, 0) is 0 Å². The minimum atomic E-state index is -1.70. The van der Waals surface area contributed by atoms with Gasteiger partial charge >= 0.3 is 35.5 Å². The number of carboxylic acids is 1. The van der Waals surface area contributed by atoms with Crippen LogP contribution in [-0.2, 0) is 14.4 Å². The van der Waals surface area contributed by atoms with E-state index >= 15 is 0 Å². The van der Waals surface area contributed by atoms with Gasteiger partial charge in [-0.3, -0.25) is 9.59 Å². The zero-order valence-corrected chi connectivity index (χ0v) is 4.40. The molecule has 0 radical (unpaired) electrons. The van der Waals surface area contributed by atoms with Crippen LogP contribution in [0.2, 0.25) is 0 Å². The molecule has 52 valence electrons. The molecule has 6 heteroatoms. The molecule has 0 aliphatic heterocycles. The summed E-state index contributed by atoms with van der Waals surface area (Å²) >= 11 is 0. The predicted octanol–water partition coefficient (Wildman–Crippen LogP) is -2.28. The second kappa shape index (κ2) is 5.40. The van der Waals surface area contributed by atoms with Crippen LogP contribution in [0.5, 0.6) is 0 Å². The van der Waals surface area contributed by atoms with Crippen LogP contribution in [0.15, 0.2) is 0 Å². The molecule has 0 aromatic carbocycles. The molecule has 1 amide bonds. The first-order chi connectivity index (χ1) is 4.09. The molecule has 0 rings (SSSR count). The van der Waals surface area contributed by atoms with Crippen molar-refractivity contribution < 1.29 is 19.5 Å². The van der Waals surface area contributed by atoms with Crippen LogP contribution in [0, 0.1) is 5.92 Å². The number of carboxylic acid groups (broad SMARTS) is 1. The number of amides is 1. The number of primary amides is 1. The van der Waals surface area contributed by atoms with E-state index in [0.717, 1.165) is 0 Å². The number of hydrogen-bond donors (Lipinski definition) is 2. The monoisotopic (exact) mass is 155 g/mol. The van der Waals surface area contributed by atoms with E-state index in [4.69, 9.17) is 5.11 Å². The van der Waals surface area contributed by atoms with E-state index in [9.17, 15) is 14.4 Å². The van der Waals surface area contributed by atoms with Gasteiger partial charge in [0.2, 0.25) is 5.91 Å². The zero-order chi connectivity index (χ0) is 7.44. The van der Waals surface area contributed by atoms with Crippen molar-refractivity contribution in [3.8, 4) is 0 Å². The summed E-state index contributed by atoms with van der Waals surface area (Å²) in [4.78, 5) is 29.5. The molecule has 0 aliphatic carbocycles. The van der Waals surface area contributed by atoms with Crippen molar-refractivity contribution in [3.05, 3.63) is 0 Å². The van der Waals surface area contributed by atoms with Crippen LogP contribution in [0.1, 0.15) is 0 Å². The number of carbonyl (C=O) groups is 3. The maximum atomic E-state index is 9.98. The van der Waals surface area contributed by atoms with E-state index in [1.54, 1.807) is 0 Å². The summed E-state index contributed by atoms with van der Waals surface area (Å²) in [6.07, 6.45) is -0.00926. The second-order valence-corrected chi connectivity index (χ2v) is 1.35. The first-order valence-corrected chi connectivity index (χ1v) is 2.07. The molecule has 0 saturated carbocycles. The Morgan fingerprint density at radius 2 is 1.90 bits per heavy atom. The topological polar surface area (TPSA) is 97.5 Å². The summed E-state index contributed by atoms with van der Waals surface area (Å²) in [5.41, 5.74) is 4.50. The molecule has 0 aliphatic rings. The molecule has 0 bridgehead atoms. The summed E-state index contributed by atoms with van der Waals surface area (Å²) in [5.74, 6) is -4.36. The molecule has 3 N–H and O–H groups in total. The van der Waals surface area contributed by atoms with E-state index < -0.39 is 17.8 Å². The molecule has 1 atom stereocenters. The molecule has 5 nitrogen and oxygen atoms in total. The Kier molecular flexibility index (Phi) is 6.64. The van der Waals surface area contributed by atoms with E-state index in [-0.39, 0.29) is 35.8 Å². The Bertz CT molecular complexity index is 143. The molecular weight excluding hydrogens is 149 g/mol. The van der Waals surface area contributed by atoms with Crippen LogP contribution < -0.4 is 5.73 Å². The van der Waals surface area contributed by atoms with E-state index in [2.05, 4.69) is 5.73 Å². The van der Waals surface area contributed by atoms with Crippen LogP contribution in [-0.4, -0.2) is 52.8 Å². The average Bonchev–Trinajstić information content (AvgIpc) is 1.64. The number of carbonyl (C=O) groups excluding carboxylic acids is 2. The number of aldehydes is 1. The van der Waals surface area contributed by atoms with E-state index in [0.29, 0.717) is 0 Å². The molecule has 1 unspecified atom stereocenters. The van der Waals surface area contributed by atoms with Gasteiger partial charge in [-0.1, -0.05) is 0 Å². The van der Waals surface area contributed by atoms with Crippen molar-refractivity contribution in [2.45, 2.75) is 0 Å². The van der Waals surface area contributed by atoms with Gasteiger partial charge in [0.15, 0.2) is 5.92 Å². The van der Waals surface area contributed by atoms with Gasteiger partial charge in [0.05, 0.1) is 0 Å². The van der Waals surface area contributed by atoms with Crippen LogP contribution in [0.3, 0.4) is 0 Å². The summed E-state index contributed by atoms with van der Waals surface area (Å²) in [7, 11) is 0. The summed E-state index contributed by atoms with van der Waals surface area (Å²) in [6, 6.07) is 0. The Labute approximate surface area is 78.9 Å². The predicted molar refractivity (Wildman–Crippen MR) is 33.5 cm³/mol. The van der Waals surface area contributed by atoms with Crippen molar-refractivity contribution in [2.24, 2.45) is 11.7 Å². The fourth-order valence-electron chi connectivity index (χ4n) is 0.247. The maximum absolute atomic E-state index is 9.98. The number of rotatable bonds is 3. The molecule has 0 spiro atoms. The normalized spacial score (nSPS) is 10.8. The molecule has 0 fully saturated rings. The van der Waals surface area contributed by atoms with Crippen LogP contribution in [0.4, 0.5) is 0 Å². The Balaban J connectivity index is 0. The summed E-state index contributed by atoms with van der Waals surface area (Å²) in [6.45, 7) is 0. The Hall–Kier alpha value is -0.390. The third-order valence-electron chi connectivity index (χ3n) is 0.709. The molecule has 0 aromatic rings. The summed E-state index contributed by atoms with van der Waals surface area (Å²) < 4.78 is 0. The molecule has 10 heavy (non-hydrogen) atoms. The van der Waals surface area contributed by atoms with E-state index in [1.165, 1.54) is 0 Å². The van der Waals surface area contributed by atoms with Gasteiger partial charge in [-0.2, -0.15) is 0 Å². The third kappa shape index (κ3) is 3.60. The second-order valence-electron chi connectivity index (χ2n) is 1.35. The first-order valence-electron chi connectivity index (χ1n) is 2.07. The van der Waals surface area contributed by atoms with Crippen LogP contribution in [0.25, 0.3) is 0 Å². The number of nitrogens with two attached hydrogens (primary N) is 1. The number of aliphatic carboxylic acids is 1. The van der Waals surface area contributed by atoms with Gasteiger partial charge in [-0.25, -0.2) is 0 Å². The minimum absolute atomic E-state index is 0. The molecule has 0 saturated heterocycles. The van der Waals surface area contributed by atoms with E-state index in [1.807, 2.05) is 0 Å². The standard InChI is InChI=1S/C4H5NO4.Na.H/c5-3(7)2(1-6)4(8)9;;/h1-2H,(H2,5,7)(H,8,9);;. The quantitative estimate of drug-likeness (QED) is 0.272. The SMILES string of the molecule is NC(=O)C(C=O)C(=O)O.[NaH]. The van der Waals surface area contributed by atoms with Crippen molar-refractivity contribution in [1.82, 2.24) is 0 Å². The third-order valence-corrected chi connectivity index (χ3v) is 0.709.